The molecule has 1 N–H and O–H groups in total. The van der Waals surface area contributed by atoms with Gasteiger partial charge in [-0.05, 0) is 54.4 Å². The summed E-state index contributed by atoms with van der Waals surface area (Å²) in [6.45, 7) is 2.48. The molecular weight excluding hydrogens is 285 g/mol. The van der Waals surface area contributed by atoms with Gasteiger partial charge in [-0.1, -0.05) is 18.2 Å². The second-order valence-corrected chi connectivity index (χ2v) is 6.21. The summed E-state index contributed by atoms with van der Waals surface area (Å²) in [6, 6.07) is 11.2. The van der Waals surface area contributed by atoms with Crippen molar-refractivity contribution >= 4 is 11.3 Å². The number of hydrogen-bond donors (Lipinski definition) is 1. The molecule has 0 spiro atoms. The molecule has 2 nitrogen and oxygen atoms in total. The first-order valence-corrected chi connectivity index (χ1v) is 8.12. The smallest absolute Gasteiger partial charge is 0.123 e. The Morgan fingerprint density at radius 3 is 2.86 bits per heavy atom. The maximum Gasteiger partial charge on any atom is 0.123 e. The first kappa shape index (κ1) is 16.1. The highest BCUT2D eigenvalue weighted by atomic mass is 32.1. The minimum atomic E-state index is -0.158. The van der Waals surface area contributed by atoms with E-state index in [9.17, 15) is 4.39 Å². The van der Waals surface area contributed by atoms with Gasteiger partial charge in [0.05, 0.1) is 6.61 Å². The van der Waals surface area contributed by atoms with Crippen LogP contribution in [0.3, 0.4) is 0 Å². The lowest BCUT2D eigenvalue weighted by Gasteiger charge is -2.17. The topological polar surface area (TPSA) is 21.3 Å². The minimum Gasteiger partial charge on any atom is -0.383 e. The standard InChI is InChI=1S/C17H22FNOS/c1-20-8-7-19-13-15(12-17-6-3-9-21-17)10-14-4-2-5-16(18)11-14/h2-6,9,11,15,19H,7-8,10,12-13H2,1H3. The molecule has 0 saturated heterocycles. The van der Waals surface area contributed by atoms with Crippen LogP contribution in [0.4, 0.5) is 4.39 Å². The van der Waals surface area contributed by atoms with Crippen molar-refractivity contribution in [3.05, 3.63) is 58.0 Å². The van der Waals surface area contributed by atoms with Crippen molar-refractivity contribution in [1.29, 1.82) is 0 Å². The SMILES string of the molecule is COCCNCC(Cc1cccc(F)c1)Cc1cccs1. The van der Waals surface area contributed by atoms with E-state index in [1.165, 1.54) is 10.9 Å². The molecule has 1 aromatic carbocycles. The number of thiophene rings is 1. The predicted octanol–water partition coefficient (Wildman–Crippen LogP) is 3.52. The van der Waals surface area contributed by atoms with Crippen molar-refractivity contribution in [3.8, 4) is 0 Å². The molecule has 0 aliphatic rings. The fourth-order valence-corrected chi connectivity index (χ4v) is 3.23. The number of methoxy groups -OCH3 is 1. The van der Waals surface area contributed by atoms with Crippen molar-refractivity contribution < 1.29 is 9.13 Å². The van der Waals surface area contributed by atoms with Crippen LogP contribution in [0.2, 0.25) is 0 Å². The number of ether oxygens (including phenoxy) is 1. The molecule has 0 fully saturated rings. The molecule has 0 amide bonds. The van der Waals surface area contributed by atoms with Gasteiger partial charge in [0.25, 0.3) is 0 Å². The monoisotopic (exact) mass is 307 g/mol. The summed E-state index contributed by atoms with van der Waals surface area (Å²) in [5, 5.41) is 5.52. The van der Waals surface area contributed by atoms with Crippen molar-refractivity contribution in [2.75, 3.05) is 26.8 Å². The lowest BCUT2D eigenvalue weighted by molar-refractivity contribution is 0.197. The molecule has 0 bridgehead atoms. The zero-order valence-corrected chi connectivity index (χ0v) is 13.2. The van der Waals surface area contributed by atoms with Gasteiger partial charge in [-0.15, -0.1) is 11.3 Å². The van der Waals surface area contributed by atoms with Crippen molar-refractivity contribution in [2.45, 2.75) is 12.8 Å². The summed E-state index contributed by atoms with van der Waals surface area (Å²) in [7, 11) is 1.71. The highest BCUT2D eigenvalue weighted by Crippen LogP contribution is 2.18. The van der Waals surface area contributed by atoms with Crippen molar-refractivity contribution in [1.82, 2.24) is 5.32 Å². The van der Waals surface area contributed by atoms with Crippen LogP contribution in [-0.4, -0.2) is 26.8 Å². The maximum atomic E-state index is 13.3. The molecule has 2 rings (SSSR count). The van der Waals surface area contributed by atoms with Crippen LogP contribution in [0, 0.1) is 11.7 Å². The lowest BCUT2D eigenvalue weighted by Crippen LogP contribution is -2.28. The summed E-state index contributed by atoms with van der Waals surface area (Å²) >= 11 is 1.78. The zero-order valence-electron chi connectivity index (χ0n) is 12.3. The van der Waals surface area contributed by atoms with Gasteiger partial charge >= 0.3 is 0 Å². The Hall–Kier alpha value is -1.23. The fraction of sp³-hybridized carbons (Fsp3) is 0.412. The summed E-state index contributed by atoms with van der Waals surface area (Å²) in [5.41, 5.74) is 1.06. The van der Waals surface area contributed by atoms with Gasteiger partial charge in [0.1, 0.15) is 5.82 Å². The summed E-state index contributed by atoms with van der Waals surface area (Å²) in [5.74, 6) is 0.303. The van der Waals surface area contributed by atoms with Crippen LogP contribution in [0.5, 0.6) is 0 Å². The Kier molecular flexibility index (Phi) is 6.86. The molecule has 0 radical (unpaired) electrons. The number of benzene rings is 1. The molecule has 2 aromatic rings. The lowest BCUT2D eigenvalue weighted by atomic mass is 9.95. The number of hydrogen-bond acceptors (Lipinski definition) is 3. The summed E-state index contributed by atoms with van der Waals surface area (Å²) < 4.78 is 18.4. The second kappa shape index (κ2) is 8.93. The Morgan fingerprint density at radius 1 is 1.24 bits per heavy atom. The van der Waals surface area contributed by atoms with E-state index in [1.54, 1.807) is 30.6 Å². The Morgan fingerprint density at radius 2 is 2.14 bits per heavy atom. The summed E-state index contributed by atoms with van der Waals surface area (Å²) in [6.07, 6.45) is 1.91. The van der Waals surface area contributed by atoms with Gasteiger partial charge in [0, 0.05) is 18.5 Å². The first-order valence-electron chi connectivity index (χ1n) is 7.24. The first-order chi connectivity index (χ1) is 10.3. The van der Waals surface area contributed by atoms with Crippen LogP contribution in [0.25, 0.3) is 0 Å². The van der Waals surface area contributed by atoms with E-state index in [1.807, 2.05) is 6.07 Å². The second-order valence-electron chi connectivity index (χ2n) is 5.18. The van der Waals surface area contributed by atoms with Gasteiger partial charge < -0.3 is 10.1 Å². The zero-order chi connectivity index (χ0) is 14.9. The third-order valence-corrected chi connectivity index (χ3v) is 4.30. The van der Waals surface area contributed by atoms with Crippen molar-refractivity contribution in [2.24, 2.45) is 5.92 Å². The van der Waals surface area contributed by atoms with E-state index >= 15 is 0 Å². The average Bonchev–Trinajstić information content (AvgIpc) is 2.96. The molecule has 0 aliphatic heterocycles. The predicted molar refractivity (Wildman–Crippen MR) is 86.4 cm³/mol. The minimum absolute atomic E-state index is 0.158. The van der Waals surface area contributed by atoms with E-state index in [0.717, 1.165) is 31.5 Å². The third-order valence-electron chi connectivity index (χ3n) is 3.40. The van der Waals surface area contributed by atoms with Crippen LogP contribution in [0.15, 0.2) is 41.8 Å². The van der Waals surface area contributed by atoms with Gasteiger partial charge in [0.15, 0.2) is 0 Å². The fourth-order valence-electron chi connectivity index (χ4n) is 2.41. The molecule has 114 valence electrons. The summed E-state index contributed by atoms with van der Waals surface area (Å²) in [4.78, 5) is 1.38. The molecular formula is C17H22FNOS. The van der Waals surface area contributed by atoms with E-state index < -0.39 is 0 Å². The molecule has 4 heteroatoms. The quantitative estimate of drug-likeness (QED) is 0.716. The molecule has 0 saturated carbocycles. The third kappa shape index (κ3) is 5.96. The number of halogens is 1. The largest absolute Gasteiger partial charge is 0.383 e. The number of nitrogens with one attached hydrogen (secondary N) is 1. The molecule has 1 aromatic heterocycles. The van der Waals surface area contributed by atoms with Gasteiger partial charge in [0.2, 0.25) is 0 Å². The Balaban J connectivity index is 1.93. The van der Waals surface area contributed by atoms with Crippen molar-refractivity contribution in [3.63, 3.8) is 0 Å². The Labute approximate surface area is 130 Å². The molecule has 1 unspecified atom stereocenters. The maximum absolute atomic E-state index is 13.3. The van der Waals surface area contributed by atoms with Gasteiger partial charge in [-0.25, -0.2) is 4.39 Å². The van der Waals surface area contributed by atoms with Crippen LogP contribution in [-0.2, 0) is 17.6 Å². The number of rotatable bonds is 9. The molecule has 0 aliphatic carbocycles. The van der Waals surface area contributed by atoms with Crippen LogP contribution in [0.1, 0.15) is 10.4 Å². The van der Waals surface area contributed by atoms with E-state index in [0.29, 0.717) is 12.5 Å². The van der Waals surface area contributed by atoms with Gasteiger partial charge in [-0.2, -0.15) is 0 Å². The van der Waals surface area contributed by atoms with Crippen LogP contribution >= 0.6 is 11.3 Å². The highest BCUT2D eigenvalue weighted by molar-refractivity contribution is 7.09. The van der Waals surface area contributed by atoms with E-state index in [2.05, 4.69) is 22.8 Å². The highest BCUT2D eigenvalue weighted by Gasteiger charge is 2.12. The van der Waals surface area contributed by atoms with E-state index in [-0.39, 0.29) is 5.82 Å². The molecule has 21 heavy (non-hydrogen) atoms. The molecule has 1 heterocycles. The average molecular weight is 307 g/mol. The van der Waals surface area contributed by atoms with E-state index in [4.69, 9.17) is 4.74 Å². The molecule has 1 atom stereocenters. The Bertz CT molecular complexity index is 515. The van der Waals surface area contributed by atoms with Gasteiger partial charge in [-0.3, -0.25) is 0 Å². The van der Waals surface area contributed by atoms with Crippen LogP contribution < -0.4 is 5.32 Å². The normalized spacial score (nSPS) is 12.5.